The molecule has 0 saturated heterocycles. The number of rotatable bonds is 3. The molecule has 0 aromatic rings. The summed E-state index contributed by atoms with van der Waals surface area (Å²) in [6, 6.07) is 0.448. The Morgan fingerprint density at radius 1 is 1.67 bits per heavy atom. The molecule has 2 nitrogen and oxygen atoms in total. The Hall–Kier alpha value is -0.340. The summed E-state index contributed by atoms with van der Waals surface area (Å²) in [6.07, 6.45) is 0.737. The summed E-state index contributed by atoms with van der Waals surface area (Å²) >= 11 is 0. The maximum atomic E-state index is 9.45. The van der Waals surface area contributed by atoms with Gasteiger partial charge in [-0.25, -0.2) is 0 Å². The lowest BCUT2D eigenvalue weighted by Gasteiger charge is -2.49. The summed E-state index contributed by atoms with van der Waals surface area (Å²) in [5, 5.41) is 12.8. The van der Waals surface area contributed by atoms with Crippen LogP contribution in [0.25, 0.3) is 0 Å². The van der Waals surface area contributed by atoms with Crippen LogP contribution in [0.2, 0.25) is 0 Å². The molecule has 12 heavy (non-hydrogen) atoms. The molecular weight excluding hydrogens is 150 g/mol. The molecule has 2 atom stereocenters. The summed E-state index contributed by atoms with van der Waals surface area (Å²) in [4.78, 5) is 0. The monoisotopic (exact) mass is 169 g/mol. The highest BCUT2D eigenvalue weighted by Crippen LogP contribution is 2.40. The Morgan fingerprint density at radius 2 is 2.25 bits per heavy atom. The smallest absolute Gasteiger partial charge is 0.0621 e. The van der Waals surface area contributed by atoms with Crippen molar-refractivity contribution in [2.45, 2.75) is 39.3 Å². The van der Waals surface area contributed by atoms with E-state index >= 15 is 0 Å². The van der Waals surface area contributed by atoms with Crippen molar-refractivity contribution >= 4 is 0 Å². The van der Waals surface area contributed by atoms with Crippen LogP contribution in [-0.2, 0) is 0 Å². The number of aliphatic hydroxyl groups excluding tert-OH is 1. The maximum Gasteiger partial charge on any atom is 0.0621 e. The van der Waals surface area contributed by atoms with Crippen molar-refractivity contribution in [2.24, 2.45) is 5.41 Å². The second-order valence-electron chi connectivity index (χ2n) is 4.46. The van der Waals surface area contributed by atoms with E-state index in [1.54, 1.807) is 0 Å². The summed E-state index contributed by atoms with van der Waals surface area (Å²) in [6.45, 7) is 10.9. The Bertz CT molecular complexity index is 186. The molecule has 0 heterocycles. The van der Waals surface area contributed by atoms with E-state index in [4.69, 9.17) is 0 Å². The van der Waals surface area contributed by atoms with Crippen molar-refractivity contribution in [1.82, 2.24) is 5.32 Å². The Labute approximate surface area is 74.7 Å². The van der Waals surface area contributed by atoms with E-state index < -0.39 is 0 Å². The molecule has 0 bridgehead atoms. The van der Waals surface area contributed by atoms with E-state index in [2.05, 4.69) is 25.7 Å². The van der Waals surface area contributed by atoms with Crippen LogP contribution in [0.3, 0.4) is 0 Å². The van der Waals surface area contributed by atoms with Gasteiger partial charge >= 0.3 is 0 Å². The summed E-state index contributed by atoms with van der Waals surface area (Å²) in [7, 11) is 0. The van der Waals surface area contributed by atoms with Crippen LogP contribution >= 0.6 is 0 Å². The van der Waals surface area contributed by atoms with Crippen molar-refractivity contribution in [3.05, 3.63) is 12.2 Å². The second kappa shape index (κ2) is 3.19. The van der Waals surface area contributed by atoms with Gasteiger partial charge in [-0.05, 0) is 13.3 Å². The molecule has 0 radical (unpaired) electrons. The molecular formula is C10H19NO. The van der Waals surface area contributed by atoms with Gasteiger partial charge in [-0.15, -0.1) is 0 Å². The van der Waals surface area contributed by atoms with Crippen LogP contribution in [0.15, 0.2) is 12.2 Å². The first-order chi connectivity index (χ1) is 5.44. The molecule has 0 aliphatic heterocycles. The molecule has 1 aliphatic carbocycles. The average Bonchev–Trinajstić information content (AvgIpc) is 1.97. The number of aliphatic hydroxyl groups is 1. The van der Waals surface area contributed by atoms with Gasteiger partial charge in [0.15, 0.2) is 0 Å². The first-order valence-electron chi connectivity index (χ1n) is 4.50. The predicted octanol–water partition coefficient (Wildman–Crippen LogP) is 1.31. The molecule has 1 fully saturated rings. The van der Waals surface area contributed by atoms with E-state index in [1.165, 1.54) is 0 Å². The zero-order valence-electron chi connectivity index (χ0n) is 8.22. The van der Waals surface area contributed by atoms with E-state index in [1.807, 2.05) is 6.92 Å². The topological polar surface area (TPSA) is 32.3 Å². The van der Waals surface area contributed by atoms with Gasteiger partial charge in [0.1, 0.15) is 0 Å². The highest BCUT2D eigenvalue weighted by molar-refractivity contribution is 5.04. The van der Waals surface area contributed by atoms with Crippen molar-refractivity contribution < 1.29 is 5.11 Å². The predicted molar refractivity (Wildman–Crippen MR) is 51.0 cm³/mol. The average molecular weight is 169 g/mol. The Balaban J connectivity index is 2.32. The maximum absolute atomic E-state index is 9.45. The van der Waals surface area contributed by atoms with E-state index in [0.29, 0.717) is 6.04 Å². The van der Waals surface area contributed by atoms with Crippen molar-refractivity contribution in [3.63, 3.8) is 0 Å². The molecule has 70 valence electrons. The van der Waals surface area contributed by atoms with Crippen LogP contribution in [-0.4, -0.2) is 23.8 Å². The normalized spacial score (nSPS) is 32.7. The fourth-order valence-electron chi connectivity index (χ4n) is 1.55. The van der Waals surface area contributed by atoms with Crippen molar-refractivity contribution in [2.75, 3.05) is 6.54 Å². The molecule has 0 spiro atoms. The van der Waals surface area contributed by atoms with Gasteiger partial charge in [0.2, 0.25) is 0 Å². The van der Waals surface area contributed by atoms with E-state index in [-0.39, 0.29) is 11.5 Å². The molecule has 0 amide bonds. The highest BCUT2D eigenvalue weighted by Gasteiger charge is 2.46. The lowest BCUT2D eigenvalue weighted by molar-refractivity contribution is -0.0714. The fourth-order valence-corrected chi connectivity index (χ4v) is 1.55. The van der Waals surface area contributed by atoms with Crippen LogP contribution in [0.1, 0.15) is 27.2 Å². The highest BCUT2D eigenvalue weighted by atomic mass is 16.3. The molecule has 1 aliphatic rings. The minimum atomic E-state index is -0.139. The summed E-state index contributed by atoms with van der Waals surface area (Å²) in [5.41, 5.74) is 1.18. The lowest BCUT2D eigenvalue weighted by atomic mass is 9.64. The first-order valence-corrected chi connectivity index (χ1v) is 4.50. The second-order valence-corrected chi connectivity index (χ2v) is 4.46. The Morgan fingerprint density at radius 3 is 2.58 bits per heavy atom. The van der Waals surface area contributed by atoms with Gasteiger partial charge < -0.3 is 10.4 Å². The quantitative estimate of drug-likeness (QED) is 0.624. The number of nitrogens with one attached hydrogen (secondary N) is 1. The van der Waals surface area contributed by atoms with Crippen molar-refractivity contribution in [1.29, 1.82) is 0 Å². The first kappa shape index (κ1) is 9.75. The van der Waals surface area contributed by atoms with Gasteiger partial charge in [-0.3, -0.25) is 0 Å². The SMILES string of the molecule is C=C(C)CNC1CC(O)C1(C)C. The zero-order chi connectivity index (χ0) is 9.35. The number of hydrogen-bond donors (Lipinski definition) is 2. The lowest BCUT2D eigenvalue weighted by Crippen LogP contribution is -2.60. The molecule has 2 heteroatoms. The van der Waals surface area contributed by atoms with E-state index in [9.17, 15) is 5.11 Å². The summed E-state index contributed by atoms with van der Waals surface area (Å²) in [5.74, 6) is 0. The minimum absolute atomic E-state index is 0.0372. The number of hydrogen-bond acceptors (Lipinski definition) is 2. The van der Waals surface area contributed by atoms with Crippen molar-refractivity contribution in [3.8, 4) is 0 Å². The van der Waals surface area contributed by atoms with Gasteiger partial charge in [0.05, 0.1) is 6.10 Å². The van der Waals surface area contributed by atoms with Gasteiger partial charge in [0, 0.05) is 18.0 Å². The van der Waals surface area contributed by atoms with Gasteiger partial charge in [-0.1, -0.05) is 26.0 Å². The molecule has 1 saturated carbocycles. The summed E-state index contributed by atoms with van der Waals surface area (Å²) < 4.78 is 0. The third kappa shape index (κ3) is 1.70. The third-order valence-corrected chi connectivity index (χ3v) is 2.87. The minimum Gasteiger partial charge on any atom is -0.392 e. The van der Waals surface area contributed by atoms with Gasteiger partial charge in [-0.2, -0.15) is 0 Å². The fraction of sp³-hybridized carbons (Fsp3) is 0.800. The molecule has 0 aromatic heterocycles. The van der Waals surface area contributed by atoms with Crippen LogP contribution < -0.4 is 5.32 Å². The van der Waals surface area contributed by atoms with Crippen LogP contribution in [0.5, 0.6) is 0 Å². The van der Waals surface area contributed by atoms with Crippen LogP contribution in [0, 0.1) is 5.41 Å². The van der Waals surface area contributed by atoms with Gasteiger partial charge in [0.25, 0.3) is 0 Å². The molecule has 0 aromatic carbocycles. The van der Waals surface area contributed by atoms with Crippen LogP contribution in [0.4, 0.5) is 0 Å². The zero-order valence-corrected chi connectivity index (χ0v) is 8.22. The standard InChI is InChI=1S/C10H19NO/c1-7(2)6-11-8-5-9(12)10(8,3)4/h8-9,11-12H,1,5-6H2,2-4H3. The Kier molecular flexibility index (Phi) is 2.59. The molecule has 2 unspecified atom stereocenters. The molecule has 2 N–H and O–H groups in total. The largest absolute Gasteiger partial charge is 0.392 e. The third-order valence-electron chi connectivity index (χ3n) is 2.87. The molecule has 1 rings (SSSR count). The van der Waals surface area contributed by atoms with E-state index in [0.717, 1.165) is 18.5 Å².